The number of benzene rings is 1. The highest BCUT2D eigenvalue weighted by Crippen LogP contribution is 2.37. The fraction of sp³-hybridized carbons (Fsp3) is 0.500. The summed E-state index contributed by atoms with van der Waals surface area (Å²) in [4.78, 5) is 37.8. The van der Waals surface area contributed by atoms with Gasteiger partial charge in [-0.05, 0) is 38.0 Å². The molecule has 0 saturated carbocycles. The van der Waals surface area contributed by atoms with Gasteiger partial charge in [-0.1, -0.05) is 23.7 Å². The minimum absolute atomic E-state index is 0.0620. The van der Waals surface area contributed by atoms with Crippen LogP contribution >= 0.6 is 11.6 Å². The van der Waals surface area contributed by atoms with Crippen LogP contribution in [-0.4, -0.2) is 44.1 Å². The SMILES string of the molecule is CCOC(=O)C(C(=O)OCC)C(=O)[C@]1(c2ccc(Cl)cc2)CCOC1. The first-order chi connectivity index (χ1) is 12.0. The fourth-order valence-corrected chi connectivity index (χ4v) is 3.06. The van der Waals surface area contributed by atoms with E-state index < -0.39 is 29.1 Å². The first-order valence-electron chi connectivity index (χ1n) is 8.17. The van der Waals surface area contributed by atoms with Gasteiger partial charge in [-0.15, -0.1) is 0 Å². The zero-order valence-electron chi connectivity index (χ0n) is 14.2. The molecule has 0 spiro atoms. The van der Waals surface area contributed by atoms with Gasteiger partial charge in [0.2, 0.25) is 5.92 Å². The van der Waals surface area contributed by atoms with E-state index in [4.69, 9.17) is 25.8 Å². The number of rotatable bonds is 7. The Hall–Kier alpha value is -1.92. The molecule has 1 atom stereocenters. The van der Waals surface area contributed by atoms with Gasteiger partial charge in [0.15, 0.2) is 5.78 Å². The van der Waals surface area contributed by atoms with E-state index in [2.05, 4.69) is 0 Å². The largest absolute Gasteiger partial charge is 0.465 e. The van der Waals surface area contributed by atoms with Crippen molar-refractivity contribution in [3.8, 4) is 0 Å². The highest BCUT2D eigenvalue weighted by Gasteiger charge is 2.52. The van der Waals surface area contributed by atoms with Crippen molar-refractivity contribution < 1.29 is 28.6 Å². The van der Waals surface area contributed by atoms with E-state index in [0.717, 1.165) is 0 Å². The number of hydrogen-bond donors (Lipinski definition) is 0. The molecule has 25 heavy (non-hydrogen) atoms. The van der Waals surface area contributed by atoms with Crippen LogP contribution in [0.4, 0.5) is 0 Å². The van der Waals surface area contributed by atoms with Crippen LogP contribution in [0.25, 0.3) is 0 Å². The maximum Gasteiger partial charge on any atom is 0.328 e. The van der Waals surface area contributed by atoms with Crippen LogP contribution in [0.1, 0.15) is 25.8 Å². The molecule has 0 N–H and O–H groups in total. The normalized spacial score (nSPS) is 19.7. The Morgan fingerprint density at radius 2 is 1.68 bits per heavy atom. The quantitative estimate of drug-likeness (QED) is 0.543. The second-order valence-electron chi connectivity index (χ2n) is 5.69. The Kier molecular flexibility index (Phi) is 6.56. The van der Waals surface area contributed by atoms with Gasteiger partial charge in [-0.2, -0.15) is 0 Å². The molecule has 7 heteroatoms. The number of carbonyl (C=O) groups is 3. The molecule has 0 unspecified atom stereocenters. The van der Waals surface area contributed by atoms with Crippen LogP contribution in [0.5, 0.6) is 0 Å². The van der Waals surface area contributed by atoms with E-state index >= 15 is 0 Å². The van der Waals surface area contributed by atoms with Crippen molar-refractivity contribution in [2.45, 2.75) is 25.7 Å². The molecule has 1 aliphatic rings. The van der Waals surface area contributed by atoms with Gasteiger partial charge >= 0.3 is 11.9 Å². The van der Waals surface area contributed by atoms with Gasteiger partial charge in [0.1, 0.15) is 0 Å². The van der Waals surface area contributed by atoms with Crippen molar-refractivity contribution in [1.29, 1.82) is 0 Å². The van der Waals surface area contributed by atoms with Gasteiger partial charge in [0.05, 0.1) is 25.2 Å². The van der Waals surface area contributed by atoms with Crippen LogP contribution in [0.2, 0.25) is 5.02 Å². The lowest BCUT2D eigenvalue weighted by Crippen LogP contribution is -2.47. The monoisotopic (exact) mass is 368 g/mol. The minimum Gasteiger partial charge on any atom is -0.465 e. The molecule has 1 aromatic carbocycles. The summed E-state index contributed by atoms with van der Waals surface area (Å²) in [5.74, 6) is -3.99. The molecule has 2 rings (SSSR count). The molecule has 0 radical (unpaired) electrons. The first-order valence-corrected chi connectivity index (χ1v) is 8.55. The van der Waals surface area contributed by atoms with E-state index in [0.29, 0.717) is 23.6 Å². The molecular weight excluding hydrogens is 348 g/mol. The topological polar surface area (TPSA) is 78.9 Å². The van der Waals surface area contributed by atoms with Crippen LogP contribution < -0.4 is 0 Å². The number of carbonyl (C=O) groups excluding carboxylic acids is 3. The Balaban J connectivity index is 2.43. The predicted octanol–water partition coefficient (Wildman–Crippen LogP) is 2.31. The summed E-state index contributed by atoms with van der Waals surface area (Å²) in [6.45, 7) is 3.78. The van der Waals surface area contributed by atoms with Crippen LogP contribution in [0.15, 0.2) is 24.3 Å². The average molecular weight is 369 g/mol. The van der Waals surface area contributed by atoms with Gasteiger partial charge in [-0.3, -0.25) is 14.4 Å². The Morgan fingerprint density at radius 3 is 2.12 bits per heavy atom. The van der Waals surface area contributed by atoms with E-state index in [-0.39, 0.29) is 19.8 Å². The lowest BCUT2D eigenvalue weighted by molar-refractivity contribution is -0.165. The third-order valence-electron chi connectivity index (χ3n) is 4.20. The molecule has 1 saturated heterocycles. The highest BCUT2D eigenvalue weighted by molar-refractivity contribution is 6.30. The number of hydrogen-bond acceptors (Lipinski definition) is 6. The molecule has 0 aromatic heterocycles. The van der Waals surface area contributed by atoms with E-state index in [1.54, 1.807) is 38.1 Å². The molecule has 0 bridgehead atoms. The van der Waals surface area contributed by atoms with Gasteiger partial charge in [0.25, 0.3) is 0 Å². The second-order valence-corrected chi connectivity index (χ2v) is 6.13. The maximum atomic E-state index is 13.3. The molecule has 1 fully saturated rings. The van der Waals surface area contributed by atoms with Crippen molar-refractivity contribution in [2.24, 2.45) is 5.92 Å². The second kappa shape index (κ2) is 8.45. The van der Waals surface area contributed by atoms with Crippen molar-refractivity contribution in [1.82, 2.24) is 0 Å². The summed E-state index contributed by atoms with van der Waals surface area (Å²) in [6, 6.07) is 6.74. The Labute approximate surface area is 151 Å². The summed E-state index contributed by atoms with van der Waals surface area (Å²) in [5, 5.41) is 0.526. The molecule has 1 heterocycles. The standard InChI is InChI=1S/C18H21ClO6/c1-3-24-16(21)14(17(22)25-4-2)15(20)18(9-10-23-11-18)12-5-7-13(19)8-6-12/h5-8,14H,3-4,9-11H2,1-2H3/t18-/m1/s1. The van der Waals surface area contributed by atoms with Crippen molar-refractivity contribution in [3.63, 3.8) is 0 Å². The summed E-state index contributed by atoms with van der Waals surface area (Å²) >= 11 is 5.92. The van der Waals surface area contributed by atoms with E-state index in [1.807, 2.05) is 0 Å². The number of ketones is 1. The zero-order valence-corrected chi connectivity index (χ0v) is 15.0. The molecule has 6 nitrogen and oxygen atoms in total. The molecule has 136 valence electrons. The van der Waals surface area contributed by atoms with Crippen LogP contribution in [0.3, 0.4) is 0 Å². The fourth-order valence-electron chi connectivity index (χ4n) is 2.94. The van der Waals surface area contributed by atoms with Crippen molar-refractivity contribution >= 4 is 29.3 Å². The van der Waals surface area contributed by atoms with Crippen LogP contribution in [0, 0.1) is 5.92 Å². The number of ether oxygens (including phenoxy) is 3. The van der Waals surface area contributed by atoms with Gasteiger partial charge < -0.3 is 14.2 Å². The van der Waals surface area contributed by atoms with Crippen molar-refractivity contribution in [3.05, 3.63) is 34.9 Å². The lowest BCUT2D eigenvalue weighted by Gasteiger charge is -2.29. The maximum absolute atomic E-state index is 13.3. The molecule has 1 aromatic rings. The number of Topliss-reactive ketones (excluding diaryl/α,β-unsaturated/α-hetero) is 1. The molecule has 0 amide bonds. The highest BCUT2D eigenvalue weighted by atomic mass is 35.5. The Morgan fingerprint density at radius 1 is 1.12 bits per heavy atom. The minimum atomic E-state index is -1.63. The van der Waals surface area contributed by atoms with E-state index in [1.165, 1.54) is 0 Å². The predicted molar refractivity (Wildman–Crippen MR) is 90.3 cm³/mol. The summed E-state index contributed by atoms with van der Waals surface area (Å²) in [7, 11) is 0. The van der Waals surface area contributed by atoms with Crippen molar-refractivity contribution in [2.75, 3.05) is 26.4 Å². The van der Waals surface area contributed by atoms with E-state index in [9.17, 15) is 14.4 Å². The molecule has 0 aliphatic carbocycles. The van der Waals surface area contributed by atoms with Gasteiger partial charge in [0, 0.05) is 11.6 Å². The summed E-state index contributed by atoms with van der Waals surface area (Å²) in [6.07, 6.45) is 0.364. The third kappa shape index (κ3) is 4.02. The number of halogens is 1. The molecule has 1 aliphatic heterocycles. The zero-order chi connectivity index (χ0) is 18.4. The number of esters is 2. The summed E-state index contributed by atoms with van der Waals surface area (Å²) in [5.41, 5.74) is -0.451. The third-order valence-corrected chi connectivity index (χ3v) is 4.45. The first kappa shape index (κ1) is 19.4. The summed E-state index contributed by atoms with van der Waals surface area (Å²) < 4.78 is 15.3. The molecular formula is C18H21ClO6. The smallest absolute Gasteiger partial charge is 0.328 e. The Bertz CT molecular complexity index is 615. The lowest BCUT2D eigenvalue weighted by atomic mass is 9.72. The van der Waals surface area contributed by atoms with Gasteiger partial charge in [-0.25, -0.2) is 0 Å². The average Bonchev–Trinajstić information content (AvgIpc) is 3.07. The van der Waals surface area contributed by atoms with Crippen LogP contribution in [-0.2, 0) is 34.0 Å².